The number of anilines is 1. The first-order valence-electron chi connectivity index (χ1n) is 12.3. The van der Waals surface area contributed by atoms with Gasteiger partial charge in [0.15, 0.2) is 0 Å². The first kappa shape index (κ1) is 25.1. The van der Waals surface area contributed by atoms with Gasteiger partial charge >= 0.3 is 6.03 Å². The molecule has 0 fully saturated rings. The van der Waals surface area contributed by atoms with E-state index in [2.05, 4.69) is 15.2 Å². The van der Waals surface area contributed by atoms with Crippen molar-refractivity contribution in [1.29, 1.82) is 0 Å². The third kappa shape index (κ3) is 5.56. The monoisotopic (exact) mass is 522 g/mol. The van der Waals surface area contributed by atoms with Gasteiger partial charge in [0.25, 0.3) is 0 Å². The summed E-state index contributed by atoms with van der Waals surface area (Å²) in [4.78, 5) is 25.2. The number of rotatable bonds is 8. The van der Waals surface area contributed by atoms with E-state index in [4.69, 9.17) is 17.3 Å². The zero-order chi connectivity index (χ0) is 26.5. The Balaban J connectivity index is 1.63. The van der Waals surface area contributed by atoms with Gasteiger partial charge in [-0.15, -0.1) is 0 Å². The van der Waals surface area contributed by atoms with E-state index in [1.165, 1.54) is 0 Å². The number of carbonyl (C=O) groups excluding carboxylic acids is 2. The zero-order valence-corrected chi connectivity index (χ0v) is 21.3. The van der Waals surface area contributed by atoms with Crippen LogP contribution in [0.15, 0.2) is 115 Å². The molecule has 5 aromatic rings. The van der Waals surface area contributed by atoms with Crippen LogP contribution in [0.1, 0.15) is 28.8 Å². The summed E-state index contributed by atoms with van der Waals surface area (Å²) in [7, 11) is 0. The highest BCUT2D eigenvalue weighted by Crippen LogP contribution is 2.37. The molecule has 0 radical (unpaired) electrons. The van der Waals surface area contributed by atoms with Crippen LogP contribution in [0, 0.1) is 0 Å². The van der Waals surface area contributed by atoms with Crippen LogP contribution in [-0.2, 0) is 11.2 Å². The maximum absolute atomic E-state index is 13.3. The molecule has 4 aromatic carbocycles. The highest BCUT2D eigenvalue weighted by molar-refractivity contribution is 6.30. The Labute approximate surface area is 226 Å². The highest BCUT2D eigenvalue weighted by Gasteiger charge is 2.30. The molecule has 0 aliphatic rings. The predicted octanol–water partition coefficient (Wildman–Crippen LogP) is 6.47. The molecule has 190 valence electrons. The van der Waals surface area contributed by atoms with Crippen molar-refractivity contribution in [1.82, 2.24) is 9.88 Å². The average Bonchev–Trinajstić information content (AvgIpc) is 3.28. The Morgan fingerprint density at radius 2 is 1.39 bits per heavy atom. The topological polar surface area (TPSA) is 89.2 Å². The third-order valence-corrected chi connectivity index (χ3v) is 6.74. The van der Waals surface area contributed by atoms with Crippen LogP contribution in [0.4, 0.5) is 10.5 Å². The van der Waals surface area contributed by atoms with E-state index >= 15 is 0 Å². The summed E-state index contributed by atoms with van der Waals surface area (Å²) in [6.45, 7) is 0. The van der Waals surface area contributed by atoms with Crippen molar-refractivity contribution in [3.8, 4) is 0 Å². The van der Waals surface area contributed by atoms with E-state index in [1.54, 1.807) is 24.3 Å². The summed E-state index contributed by atoms with van der Waals surface area (Å²) in [5, 5.41) is 7.67. The fourth-order valence-corrected chi connectivity index (χ4v) is 4.97. The van der Waals surface area contributed by atoms with Gasteiger partial charge < -0.3 is 20.9 Å². The first-order valence-corrected chi connectivity index (χ1v) is 12.7. The van der Waals surface area contributed by atoms with Crippen LogP contribution in [0.5, 0.6) is 0 Å². The summed E-state index contributed by atoms with van der Waals surface area (Å²) >= 11 is 6.01. The number of amides is 3. The lowest BCUT2D eigenvalue weighted by atomic mass is 9.93. The number of benzene rings is 4. The van der Waals surface area contributed by atoms with Crippen LogP contribution in [0.25, 0.3) is 10.9 Å². The summed E-state index contributed by atoms with van der Waals surface area (Å²) in [5.41, 5.74) is 9.93. The van der Waals surface area contributed by atoms with Crippen LogP contribution in [0.3, 0.4) is 0 Å². The maximum atomic E-state index is 13.3. The molecule has 5 rings (SSSR count). The van der Waals surface area contributed by atoms with Gasteiger partial charge in [0.05, 0.1) is 18.5 Å². The predicted molar refractivity (Wildman–Crippen MR) is 152 cm³/mol. The number of urea groups is 1. The fourth-order valence-electron chi connectivity index (χ4n) is 4.85. The van der Waals surface area contributed by atoms with Crippen molar-refractivity contribution < 1.29 is 9.59 Å². The number of nitrogens with two attached hydrogens (primary N) is 1. The molecule has 0 saturated heterocycles. The van der Waals surface area contributed by atoms with Crippen molar-refractivity contribution in [2.24, 2.45) is 5.73 Å². The molecule has 4 N–H and O–H groups in total. The van der Waals surface area contributed by atoms with E-state index in [-0.39, 0.29) is 18.5 Å². The number of halogens is 1. The molecule has 2 atom stereocenters. The van der Waals surface area contributed by atoms with E-state index in [1.807, 2.05) is 91.1 Å². The number of hydrogen-bond donors (Lipinski definition) is 3. The lowest BCUT2D eigenvalue weighted by molar-refractivity contribution is -0.117. The molecule has 0 spiro atoms. The minimum atomic E-state index is -0.455. The Kier molecular flexibility index (Phi) is 7.43. The lowest BCUT2D eigenvalue weighted by Crippen LogP contribution is -2.37. The van der Waals surface area contributed by atoms with E-state index in [0.717, 1.165) is 27.6 Å². The van der Waals surface area contributed by atoms with Gasteiger partial charge in [0, 0.05) is 27.8 Å². The lowest BCUT2D eigenvalue weighted by Gasteiger charge is -2.31. The number of primary amides is 1. The van der Waals surface area contributed by atoms with Crippen molar-refractivity contribution in [3.63, 3.8) is 0 Å². The molecule has 0 aliphatic carbocycles. The van der Waals surface area contributed by atoms with Gasteiger partial charge in [-0.05, 0) is 47.0 Å². The van der Waals surface area contributed by atoms with Gasteiger partial charge in [0.2, 0.25) is 5.91 Å². The number of nitrogens with zero attached hydrogens (tertiary/aromatic N) is 1. The summed E-state index contributed by atoms with van der Waals surface area (Å²) in [5.74, 6) is -0.399. The smallest absolute Gasteiger partial charge is 0.319 e. The molecule has 38 heavy (non-hydrogen) atoms. The Hall–Kier alpha value is -4.55. The Morgan fingerprint density at radius 3 is 2.05 bits per heavy atom. The molecule has 1 heterocycles. The molecule has 3 amide bonds. The van der Waals surface area contributed by atoms with Crippen LogP contribution in [-0.4, -0.2) is 16.5 Å². The second-order valence-electron chi connectivity index (χ2n) is 9.07. The molecule has 1 aromatic heterocycles. The Morgan fingerprint density at radius 1 is 0.789 bits per heavy atom. The van der Waals surface area contributed by atoms with Crippen molar-refractivity contribution >= 4 is 40.1 Å². The number of para-hydroxylation sites is 1. The third-order valence-electron chi connectivity index (χ3n) is 6.49. The standard InChI is InChI=1S/C31H27ClN4O2/c32-24-15-17-25(18-16-24)34-31(38)35-29(21-9-3-1-4-10-21)30(22-11-5-2-6-12-22)36-20-23(19-28(33)37)26-13-7-8-14-27(26)36/h1-18,20,29-30H,19H2,(H2,33,37)(H2,34,35,38). The molecular formula is C31H27ClN4O2. The number of nitrogens with one attached hydrogen (secondary N) is 2. The number of aromatic nitrogens is 1. The minimum Gasteiger partial charge on any atom is -0.369 e. The van der Waals surface area contributed by atoms with Crippen molar-refractivity contribution in [3.05, 3.63) is 137 Å². The first-order chi connectivity index (χ1) is 18.5. The van der Waals surface area contributed by atoms with Gasteiger partial charge in [-0.25, -0.2) is 4.79 Å². The molecule has 6 nitrogen and oxygen atoms in total. The van der Waals surface area contributed by atoms with Crippen molar-refractivity contribution in [2.75, 3.05) is 5.32 Å². The fraction of sp³-hybridized carbons (Fsp3) is 0.0968. The molecule has 0 bridgehead atoms. The molecule has 7 heteroatoms. The SMILES string of the molecule is NC(=O)Cc1cn(C(c2ccccc2)C(NC(=O)Nc2ccc(Cl)cc2)c2ccccc2)c2ccccc12. The molecule has 2 unspecified atom stereocenters. The quantitative estimate of drug-likeness (QED) is 0.218. The van der Waals surface area contributed by atoms with E-state index < -0.39 is 11.9 Å². The maximum Gasteiger partial charge on any atom is 0.319 e. The summed E-state index contributed by atoms with van der Waals surface area (Å²) < 4.78 is 2.13. The van der Waals surface area contributed by atoms with Gasteiger partial charge in [-0.3, -0.25) is 4.79 Å². The average molecular weight is 523 g/mol. The van der Waals surface area contributed by atoms with Gasteiger partial charge in [0.1, 0.15) is 0 Å². The zero-order valence-electron chi connectivity index (χ0n) is 20.6. The number of hydrogen-bond acceptors (Lipinski definition) is 2. The minimum absolute atomic E-state index is 0.121. The van der Waals surface area contributed by atoms with Crippen LogP contribution in [0.2, 0.25) is 5.02 Å². The normalized spacial score (nSPS) is 12.6. The Bertz CT molecular complexity index is 1550. The highest BCUT2D eigenvalue weighted by atomic mass is 35.5. The molecular weight excluding hydrogens is 496 g/mol. The molecule has 0 saturated carbocycles. The summed E-state index contributed by atoms with van der Waals surface area (Å²) in [6, 6.07) is 33.6. The van der Waals surface area contributed by atoms with Gasteiger partial charge in [-0.2, -0.15) is 0 Å². The second kappa shape index (κ2) is 11.2. The van der Waals surface area contributed by atoms with Gasteiger partial charge in [-0.1, -0.05) is 90.5 Å². The second-order valence-corrected chi connectivity index (χ2v) is 9.51. The number of fused-ring (bicyclic) bond motifs is 1. The summed E-state index contributed by atoms with van der Waals surface area (Å²) in [6.07, 6.45) is 2.09. The van der Waals surface area contributed by atoms with E-state index in [9.17, 15) is 9.59 Å². The largest absolute Gasteiger partial charge is 0.369 e. The number of carbonyl (C=O) groups is 2. The van der Waals surface area contributed by atoms with Crippen molar-refractivity contribution in [2.45, 2.75) is 18.5 Å². The van der Waals surface area contributed by atoms with Crippen LogP contribution < -0.4 is 16.4 Å². The molecule has 0 aliphatic heterocycles. The van der Waals surface area contributed by atoms with E-state index in [0.29, 0.717) is 10.7 Å². The van der Waals surface area contributed by atoms with Crippen LogP contribution >= 0.6 is 11.6 Å².